The molecule has 0 aromatic rings. The maximum absolute atomic E-state index is 2.38. The second kappa shape index (κ2) is 7.41. The quantitative estimate of drug-likeness (QED) is 0.586. The van der Waals surface area contributed by atoms with Crippen LogP contribution in [0.5, 0.6) is 0 Å². The summed E-state index contributed by atoms with van der Waals surface area (Å²) in [5.41, 5.74) is 0. The largest absolute Gasteiger partial charge is 0.0683 e. The van der Waals surface area contributed by atoms with Gasteiger partial charge in [-0.2, -0.15) is 0 Å². The maximum atomic E-state index is 2.38. The molecule has 0 spiro atoms. The molecule has 0 aromatic heterocycles. The van der Waals surface area contributed by atoms with Gasteiger partial charge in [-0.15, -0.1) is 0 Å². The summed E-state index contributed by atoms with van der Waals surface area (Å²) < 4.78 is 0. The van der Waals surface area contributed by atoms with E-state index in [1.54, 1.807) is 0 Å². The van der Waals surface area contributed by atoms with E-state index in [1.807, 2.05) is 13.8 Å². The minimum Gasteiger partial charge on any atom is -0.0683 e. The van der Waals surface area contributed by atoms with Gasteiger partial charge in [0.15, 0.2) is 0 Å². The lowest BCUT2D eigenvalue weighted by Crippen LogP contribution is -2.16. The van der Waals surface area contributed by atoms with E-state index >= 15 is 0 Å². The monoisotopic (exact) mass is 184 g/mol. The van der Waals surface area contributed by atoms with E-state index < -0.39 is 0 Å². The summed E-state index contributed by atoms with van der Waals surface area (Å²) in [6.45, 7) is 11.1. The molecule has 0 N–H and O–H groups in total. The Balaban J connectivity index is 0.000000671. The predicted molar refractivity (Wildman–Crippen MR) is 61.9 cm³/mol. The van der Waals surface area contributed by atoms with Gasteiger partial charge in [-0.25, -0.2) is 0 Å². The first-order chi connectivity index (χ1) is 6.25. The van der Waals surface area contributed by atoms with Crippen molar-refractivity contribution in [1.29, 1.82) is 0 Å². The van der Waals surface area contributed by atoms with Gasteiger partial charge in [-0.05, 0) is 17.8 Å². The van der Waals surface area contributed by atoms with Crippen LogP contribution in [0.15, 0.2) is 0 Å². The molecule has 0 aliphatic heterocycles. The van der Waals surface area contributed by atoms with Crippen LogP contribution in [0.2, 0.25) is 0 Å². The zero-order valence-corrected chi connectivity index (χ0v) is 10.3. The Morgan fingerprint density at radius 2 is 1.54 bits per heavy atom. The fourth-order valence-electron chi connectivity index (χ4n) is 2.73. The maximum Gasteiger partial charge on any atom is -0.0365 e. The average molecular weight is 184 g/mol. The van der Waals surface area contributed by atoms with Gasteiger partial charge in [0.1, 0.15) is 0 Å². The molecule has 1 atom stereocenters. The van der Waals surface area contributed by atoms with Gasteiger partial charge in [0.05, 0.1) is 0 Å². The summed E-state index contributed by atoms with van der Waals surface area (Å²) in [6, 6.07) is 0. The highest BCUT2D eigenvalue weighted by atomic mass is 14.3. The Hall–Kier alpha value is 0. The van der Waals surface area contributed by atoms with Gasteiger partial charge in [0.25, 0.3) is 0 Å². The first-order valence-electron chi connectivity index (χ1n) is 6.25. The van der Waals surface area contributed by atoms with Gasteiger partial charge >= 0.3 is 0 Å². The normalized spacial score (nSPS) is 19.8. The van der Waals surface area contributed by atoms with Crippen LogP contribution in [0.25, 0.3) is 0 Å². The molecule has 1 unspecified atom stereocenters. The Bertz CT molecular complexity index is 98.6. The summed E-state index contributed by atoms with van der Waals surface area (Å²) in [6.07, 6.45) is 7.40. The molecule has 1 aliphatic rings. The van der Waals surface area contributed by atoms with E-state index in [4.69, 9.17) is 0 Å². The Labute approximate surface area is 85.1 Å². The van der Waals surface area contributed by atoms with Crippen LogP contribution in [0.4, 0.5) is 0 Å². The van der Waals surface area contributed by atoms with Crippen LogP contribution >= 0.6 is 0 Å². The van der Waals surface area contributed by atoms with E-state index in [9.17, 15) is 0 Å². The molecule has 0 amide bonds. The standard InChI is InChI=1S/C11H22.C2H6/c1-4-11(9(2)3)10-7-5-6-8-10;1-2/h9-11H,4-8H2,1-3H3;1-2H3. The fourth-order valence-corrected chi connectivity index (χ4v) is 2.73. The van der Waals surface area contributed by atoms with E-state index in [0.29, 0.717) is 0 Å². The lowest BCUT2D eigenvalue weighted by molar-refractivity contribution is 0.249. The summed E-state index contributed by atoms with van der Waals surface area (Å²) in [5, 5.41) is 0. The zero-order chi connectivity index (χ0) is 10.3. The topological polar surface area (TPSA) is 0 Å². The van der Waals surface area contributed by atoms with E-state index in [-0.39, 0.29) is 0 Å². The van der Waals surface area contributed by atoms with E-state index in [2.05, 4.69) is 20.8 Å². The third-order valence-corrected chi connectivity index (χ3v) is 3.33. The summed E-state index contributed by atoms with van der Waals surface area (Å²) in [7, 11) is 0. The molecule has 80 valence electrons. The van der Waals surface area contributed by atoms with Crippen molar-refractivity contribution in [3.63, 3.8) is 0 Å². The molecule has 1 rings (SSSR count). The second-order valence-electron chi connectivity index (χ2n) is 4.36. The van der Waals surface area contributed by atoms with Gasteiger partial charge in [0, 0.05) is 0 Å². The number of rotatable bonds is 3. The number of hydrogen-bond acceptors (Lipinski definition) is 0. The van der Waals surface area contributed by atoms with Crippen LogP contribution in [0, 0.1) is 17.8 Å². The average Bonchev–Trinajstić information content (AvgIpc) is 2.62. The molecular weight excluding hydrogens is 156 g/mol. The van der Waals surface area contributed by atoms with Crippen molar-refractivity contribution in [3.05, 3.63) is 0 Å². The van der Waals surface area contributed by atoms with E-state index in [0.717, 1.165) is 17.8 Å². The third kappa shape index (κ3) is 4.15. The van der Waals surface area contributed by atoms with Gasteiger partial charge in [-0.3, -0.25) is 0 Å². The Morgan fingerprint density at radius 3 is 1.85 bits per heavy atom. The predicted octanol–water partition coefficient (Wildman–Crippen LogP) is 4.89. The molecule has 0 bridgehead atoms. The van der Waals surface area contributed by atoms with Crippen LogP contribution in [-0.2, 0) is 0 Å². The molecule has 1 saturated carbocycles. The molecular formula is C13H28. The first-order valence-corrected chi connectivity index (χ1v) is 6.25. The molecule has 0 aromatic carbocycles. The van der Waals surface area contributed by atoms with Crippen molar-refractivity contribution in [2.75, 3.05) is 0 Å². The van der Waals surface area contributed by atoms with Crippen molar-refractivity contribution < 1.29 is 0 Å². The summed E-state index contributed by atoms with van der Waals surface area (Å²) >= 11 is 0. The summed E-state index contributed by atoms with van der Waals surface area (Å²) in [4.78, 5) is 0. The molecule has 0 heteroatoms. The van der Waals surface area contributed by atoms with Crippen LogP contribution in [-0.4, -0.2) is 0 Å². The molecule has 1 aliphatic carbocycles. The molecule has 0 saturated heterocycles. The molecule has 0 radical (unpaired) electrons. The lowest BCUT2D eigenvalue weighted by atomic mass is 9.81. The molecule has 13 heavy (non-hydrogen) atoms. The van der Waals surface area contributed by atoms with Crippen molar-refractivity contribution in [2.45, 2.75) is 66.7 Å². The first kappa shape index (κ1) is 13.0. The Kier molecular flexibility index (Phi) is 7.41. The molecule has 0 heterocycles. The minimum atomic E-state index is 0.906. The second-order valence-corrected chi connectivity index (χ2v) is 4.36. The van der Waals surface area contributed by atoms with Crippen molar-refractivity contribution in [3.8, 4) is 0 Å². The SMILES string of the molecule is CC.CCC(C(C)C)C1CCCC1. The van der Waals surface area contributed by atoms with Gasteiger partial charge in [0.2, 0.25) is 0 Å². The van der Waals surface area contributed by atoms with Crippen LogP contribution < -0.4 is 0 Å². The van der Waals surface area contributed by atoms with Crippen molar-refractivity contribution in [2.24, 2.45) is 17.8 Å². The highest BCUT2D eigenvalue weighted by molar-refractivity contribution is 4.76. The van der Waals surface area contributed by atoms with Crippen molar-refractivity contribution in [1.82, 2.24) is 0 Å². The van der Waals surface area contributed by atoms with Gasteiger partial charge < -0.3 is 0 Å². The van der Waals surface area contributed by atoms with Gasteiger partial charge in [-0.1, -0.05) is 66.7 Å². The smallest absolute Gasteiger partial charge is 0.0365 e. The third-order valence-electron chi connectivity index (χ3n) is 3.33. The minimum absolute atomic E-state index is 0.906. The highest BCUT2D eigenvalue weighted by Crippen LogP contribution is 2.36. The highest BCUT2D eigenvalue weighted by Gasteiger charge is 2.25. The molecule has 1 fully saturated rings. The zero-order valence-electron chi connectivity index (χ0n) is 10.3. The molecule has 0 nitrogen and oxygen atoms in total. The fraction of sp³-hybridized carbons (Fsp3) is 1.00. The lowest BCUT2D eigenvalue weighted by Gasteiger charge is -2.25. The number of hydrogen-bond donors (Lipinski definition) is 0. The summed E-state index contributed by atoms with van der Waals surface area (Å²) in [5.74, 6) is 2.99. The van der Waals surface area contributed by atoms with E-state index in [1.165, 1.54) is 32.1 Å². The van der Waals surface area contributed by atoms with Crippen LogP contribution in [0.3, 0.4) is 0 Å². The van der Waals surface area contributed by atoms with Crippen molar-refractivity contribution >= 4 is 0 Å². The van der Waals surface area contributed by atoms with Crippen LogP contribution in [0.1, 0.15) is 66.7 Å². The Morgan fingerprint density at radius 1 is 1.08 bits per heavy atom.